The van der Waals surface area contributed by atoms with E-state index in [4.69, 9.17) is 4.74 Å². The van der Waals surface area contributed by atoms with Gasteiger partial charge in [-0.3, -0.25) is 4.90 Å². The van der Waals surface area contributed by atoms with Crippen molar-refractivity contribution in [3.05, 3.63) is 30.1 Å². The second kappa shape index (κ2) is 5.29. The molecule has 4 heteroatoms. The number of halogens is 1. The van der Waals surface area contributed by atoms with Crippen molar-refractivity contribution in [2.45, 2.75) is 43.9 Å². The van der Waals surface area contributed by atoms with Crippen molar-refractivity contribution in [2.75, 3.05) is 6.54 Å². The molecule has 102 valence electrons. The van der Waals surface area contributed by atoms with E-state index in [1.54, 1.807) is 12.1 Å². The number of nitrogens with zero attached hydrogens (tertiary/aromatic N) is 1. The molecule has 3 rings (SSSR count). The molecule has 2 atom stereocenters. The maximum absolute atomic E-state index is 12.8. The fraction of sp³-hybridized carbons (Fsp3) is 0.533. The molecule has 2 unspecified atom stereocenters. The Balaban J connectivity index is 1.63. The van der Waals surface area contributed by atoms with Crippen LogP contribution in [0.2, 0.25) is 0 Å². The zero-order chi connectivity index (χ0) is 13.2. The topological polar surface area (TPSA) is 29.5 Å². The van der Waals surface area contributed by atoms with E-state index in [1.807, 2.05) is 0 Å². The zero-order valence-electron chi connectivity index (χ0n) is 10.8. The highest BCUT2D eigenvalue weighted by molar-refractivity contribution is 5.52. The van der Waals surface area contributed by atoms with Gasteiger partial charge in [-0.05, 0) is 49.9 Å². The molecule has 3 nitrogen and oxygen atoms in total. The molecule has 0 amide bonds. The summed E-state index contributed by atoms with van der Waals surface area (Å²) >= 11 is 0. The summed E-state index contributed by atoms with van der Waals surface area (Å²) in [5, 5.41) is 0. The predicted molar refractivity (Wildman–Crippen MR) is 69.6 cm³/mol. The number of rotatable bonds is 4. The minimum Gasteiger partial charge on any atom is -0.490 e. The van der Waals surface area contributed by atoms with Crippen LogP contribution in [-0.2, 0) is 4.79 Å². The third-order valence-electron chi connectivity index (χ3n) is 4.24. The quantitative estimate of drug-likeness (QED) is 0.781. The molecule has 2 heterocycles. The number of hydrogen-bond donors (Lipinski definition) is 0. The number of fused-ring (bicyclic) bond motifs is 2. The summed E-state index contributed by atoms with van der Waals surface area (Å²) < 4.78 is 18.8. The predicted octanol–water partition coefficient (Wildman–Crippen LogP) is 2.40. The van der Waals surface area contributed by atoms with Crippen LogP contribution in [0.3, 0.4) is 0 Å². The number of carbonyl (C=O) groups is 1. The molecule has 0 aromatic heterocycles. The Hall–Kier alpha value is -1.42. The Morgan fingerprint density at radius 2 is 1.84 bits per heavy atom. The van der Waals surface area contributed by atoms with Gasteiger partial charge in [-0.1, -0.05) is 0 Å². The van der Waals surface area contributed by atoms with E-state index in [-0.39, 0.29) is 11.9 Å². The standard InChI is InChI=1S/C15H18FNO2/c16-11-1-5-14(6-2-11)19-15-9-12-3-4-13(10-15)17(12)7-8-18/h1-2,5-6,8,12-13,15H,3-4,7,9-10H2. The van der Waals surface area contributed by atoms with Crippen LogP contribution < -0.4 is 4.74 Å². The maximum Gasteiger partial charge on any atom is 0.134 e. The van der Waals surface area contributed by atoms with Gasteiger partial charge in [0, 0.05) is 12.1 Å². The largest absolute Gasteiger partial charge is 0.490 e. The molecule has 0 spiro atoms. The molecular formula is C15H18FNO2. The molecule has 2 aliphatic heterocycles. The van der Waals surface area contributed by atoms with Crippen LogP contribution in [0.15, 0.2) is 24.3 Å². The molecule has 0 aliphatic carbocycles. The van der Waals surface area contributed by atoms with Crippen LogP contribution >= 0.6 is 0 Å². The van der Waals surface area contributed by atoms with Gasteiger partial charge in [0.05, 0.1) is 6.54 Å². The van der Waals surface area contributed by atoms with E-state index in [0.29, 0.717) is 18.6 Å². The molecular weight excluding hydrogens is 245 g/mol. The first-order valence-corrected chi connectivity index (χ1v) is 6.88. The Kier molecular flexibility index (Phi) is 3.51. The van der Waals surface area contributed by atoms with Crippen LogP contribution in [-0.4, -0.2) is 35.9 Å². The average Bonchev–Trinajstić information content (AvgIpc) is 2.65. The smallest absolute Gasteiger partial charge is 0.134 e. The third kappa shape index (κ3) is 2.63. The minimum absolute atomic E-state index is 0.186. The van der Waals surface area contributed by atoms with E-state index in [0.717, 1.165) is 37.7 Å². The Morgan fingerprint density at radius 3 is 2.42 bits per heavy atom. The van der Waals surface area contributed by atoms with Crippen molar-refractivity contribution in [3.8, 4) is 5.75 Å². The molecule has 0 radical (unpaired) electrons. The summed E-state index contributed by atoms with van der Waals surface area (Å²) in [6.07, 6.45) is 5.41. The van der Waals surface area contributed by atoms with E-state index < -0.39 is 0 Å². The molecule has 2 bridgehead atoms. The van der Waals surface area contributed by atoms with E-state index in [9.17, 15) is 9.18 Å². The summed E-state index contributed by atoms with van der Waals surface area (Å²) in [6, 6.07) is 7.13. The third-order valence-corrected chi connectivity index (χ3v) is 4.24. The fourth-order valence-corrected chi connectivity index (χ4v) is 3.41. The van der Waals surface area contributed by atoms with E-state index >= 15 is 0 Å². The highest BCUT2D eigenvalue weighted by Gasteiger charge is 2.41. The van der Waals surface area contributed by atoms with Crippen LogP contribution in [0.5, 0.6) is 5.75 Å². The number of benzene rings is 1. The Bertz CT molecular complexity index is 434. The van der Waals surface area contributed by atoms with Gasteiger partial charge in [0.25, 0.3) is 0 Å². The van der Waals surface area contributed by atoms with Crippen LogP contribution in [0.4, 0.5) is 4.39 Å². The molecule has 2 aliphatic rings. The van der Waals surface area contributed by atoms with Crippen molar-refractivity contribution < 1.29 is 13.9 Å². The first-order valence-electron chi connectivity index (χ1n) is 6.88. The number of carbonyl (C=O) groups excluding carboxylic acids is 1. The highest BCUT2D eigenvalue weighted by atomic mass is 19.1. The lowest BCUT2D eigenvalue weighted by atomic mass is 10.00. The monoisotopic (exact) mass is 263 g/mol. The normalized spacial score (nSPS) is 30.3. The minimum atomic E-state index is -0.242. The Labute approximate surface area is 112 Å². The van der Waals surface area contributed by atoms with Crippen LogP contribution in [0.25, 0.3) is 0 Å². The first-order chi connectivity index (χ1) is 9.26. The van der Waals surface area contributed by atoms with Gasteiger partial charge < -0.3 is 9.53 Å². The molecule has 1 aromatic carbocycles. The summed E-state index contributed by atoms with van der Waals surface area (Å²) in [5.74, 6) is 0.489. The number of piperidine rings is 1. The van der Waals surface area contributed by atoms with Gasteiger partial charge in [-0.2, -0.15) is 0 Å². The SMILES string of the molecule is O=CCN1C2CCC1CC(Oc1ccc(F)cc1)C2. The Morgan fingerprint density at radius 1 is 1.21 bits per heavy atom. The van der Waals surface area contributed by atoms with E-state index in [1.165, 1.54) is 12.1 Å². The second-order valence-electron chi connectivity index (χ2n) is 5.41. The maximum atomic E-state index is 12.8. The van der Waals surface area contributed by atoms with Gasteiger partial charge in [-0.25, -0.2) is 4.39 Å². The van der Waals surface area contributed by atoms with Crippen LogP contribution in [0, 0.1) is 5.82 Å². The lowest BCUT2D eigenvalue weighted by Crippen LogP contribution is -2.46. The lowest BCUT2D eigenvalue weighted by Gasteiger charge is -2.37. The zero-order valence-corrected chi connectivity index (χ0v) is 10.8. The second-order valence-corrected chi connectivity index (χ2v) is 5.41. The molecule has 2 fully saturated rings. The van der Waals surface area contributed by atoms with Crippen LogP contribution in [0.1, 0.15) is 25.7 Å². The van der Waals surface area contributed by atoms with Crippen molar-refractivity contribution >= 4 is 6.29 Å². The summed E-state index contributed by atoms with van der Waals surface area (Å²) in [6.45, 7) is 0.540. The van der Waals surface area contributed by atoms with Crippen molar-refractivity contribution in [3.63, 3.8) is 0 Å². The molecule has 2 saturated heterocycles. The summed E-state index contributed by atoms with van der Waals surface area (Å²) in [4.78, 5) is 13.0. The number of ether oxygens (including phenoxy) is 1. The van der Waals surface area contributed by atoms with Crippen molar-refractivity contribution in [1.29, 1.82) is 0 Å². The number of aldehydes is 1. The summed E-state index contributed by atoms with van der Waals surface area (Å²) in [5.41, 5.74) is 0. The molecule has 1 aromatic rings. The van der Waals surface area contributed by atoms with Gasteiger partial charge in [-0.15, -0.1) is 0 Å². The highest BCUT2D eigenvalue weighted by Crippen LogP contribution is 2.36. The molecule has 0 N–H and O–H groups in total. The van der Waals surface area contributed by atoms with E-state index in [2.05, 4.69) is 4.90 Å². The average molecular weight is 263 g/mol. The van der Waals surface area contributed by atoms with Crippen molar-refractivity contribution in [1.82, 2.24) is 4.90 Å². The first kappa shape index (κ1) is 12.6. The number of hydrogen-bond acceptors (Lipinski definition) is 3. The lowest BCUT2D eigenvalue weighted by molar-refractivity contribution is -0.110. The fourth-order valence-electron chi connectivity index (χ4n) is 3.41. The molecule has 19 heavy (non-hydrogen) atoms. The summed E-state index contributed by atoms with van der Waals surface area (Å²) in [7, 11) is 0. The van der Waals surface area contributed by atoms with Gasteiger partial charge in [0.15, 0.2) is 0 Å². The van der Waals surface area contributed by atoms with Gasteiger partial charge >= 0.3 is 0 Å². The molecule has 0 saturated carbocycles. The van der Waals surface area contributed by atoms with Gasteiger partial charge in [0.1, 0.15) is 24.0 Å². The van der Waals surface area contributed by atoms with Gasteiger partial charge in [0.2, 0.25) is 0 Å². The van der Waals surface area contributed by atoms with Crippen molar-refractivity contribution in [2.24, 2.45) is 0 Å².